The van der Waals surface area contributed by atoms with Crippen LogP contribution >= 0.6 is 40.4 Å². The topological polar surface area (TPSA) is 692 Å². The van der Waals surface area contributed by atoms with Crippen molar-refractivity contribution in [2.24, 2.45) is 0 Å². The van der Waals surface area contributed by atoms with E-state index in [1.807, 2.05) is 0 Å². The number of nitrogens with one attached hydrogen (secondary N) is 4. The van der Waals surface area contributed by atoms with E-state index in [9.17, 15) is 62.6 Å². The van der Waals surface area contributed by atoms with Crippen LogP contribution < -0.4 is 81.0 Å². The van der Waals surface area contributed by atoms with Crippen molar-refractivity contribution in [2.75, 3.05) is 57.3 Å². The lowest BCUT2D eigenvalue weighted by molar-refractivity contribution is -0.221. The zero-order valence-corrected chi connectivity index (χ0v) is 76.0. The van der Waals surface area contributed by atoms with Gasteiger partial charge in [0, 0.05) is 80.9 Å². The fourth-order valence-corrected chi connectivity index (χ4v) is 23.0. The molecule has 0 amide bonds. The standard InChI is InChI=1S/C62H81N21O31P6S6/c1-6-29-30(7-41(103-29)78-13-26(2)55(84)75-60(78)88)110-116(92,122)98-18-38-33(10-44(106-38)81-23-70-47-50(63)66-21-68-52(47)81)112-119(95,125)100-17-37-32(9-43(105-37)80-15-28(4)57(86)77-62(80)90)111-117(93,123)101-19-39-34(11-45(107-39)82-24-71-48-51(64)67-22-69-53(48)82)113-120(96,126)102-20-40-35(12-46(108-40)83-25-72-49-54(83)73-59(65)74-58(49)87)114-118(94,124)99-16-36-31(109-115(91,121)97-5)8-42(104-36)79-14-27(3)56(85)76-61(79)89/h13-15,21-25,29-46H,6-12,16-20H2,1-5H3,(H,91,121)(H,92,122)(H,93,123)(H,94,124)(H,95,125)(H,96,126)(H2,63,66,68)(H2,64,67,69)(H,75,84,88)(H,76,85,89)(H,77,86,90)(H3,65,73,74,87)/p-6/t29-,30-,31-,32-,33-,34-,35-,36-,37-,38-,39-,40-,41-,42-,43-,44-,45-,46-,115?,116?,117?,118?,119?,120?/m1/s1. The first-order valence-electron chi connectivity index (χ1n) is 37.7. The van der Waals surface area contributed by atoms with Crippen LogP contribution in [0.3, 0.4) is 0 Å². The molecule has 64 heteroatoms. The summed E-state index contributed by atoms with van der Waals surface area (Å²) < 4.78 is 130. The first-order valence-corrected chi connectivity index (χ1v) is 53.0. The third-order valence-electron chi connectivity index (χ3n) is 20.8. The van der Waals surface area contributed by atoms with E-state index in [2.05, 4.69) is 59.8 Å². The van der Waals surface area contributed by atoms with Crippen molar-refractivity contribution >= 4 is 163 Å². The number of H-pyrrole nitrogens is 4. The largest absolute Gasteiger partial charge is 0.780 e. The van der Waals surface area contributed by atoms with Gasteiger partial charge in [-0.1, -0.05) is 66.0 Å². The average molecular weight is 1990 g/mol. The minimum atomic E-state index is -4.97. The van der Waals surface area contributed by atoms with E-state index in [0.717, 1.165) is 27.1 Å². The van der Waals surface area contributed by atoms with Crippen LogP contribution in [-0.4, -0.2) is 201 Å². The Labute approximate surface area is 737 Å². The van der Waals surface area contributed by atoms with Crippen LogP contribution in [0.2, 0.25) is 0 Å². The molecular weight excluding hydrogens is 1910 g/mol. The van der Waals surface area contributed by atoms with Crippen LogP contribution in [0.1, 0.15) is 106 Å². The number of nitrogen functional groups attached to an aromatic ring is 3. The molecule has 0 radical (unpaired) electrons. The van der Waals surface area contributed by atoms with E-state index in [-0.39, 0.29) is 99.9 Å². The third-order valence-corrected chi connectivity index (χ3v) is 30.3. The molecule has 15 rings (SSSR count). The molecule has 0 aromatic carbocycles. The van der Waals surface area contributed by atoms with Gasteiger partial charge in [-0.3, -0.25) is 71.1 Å². The molecule has 0 spiro atoms. The molecule has 9 aromatic rings. The first kappa shape index (κ1) is 94.4. The van der Waals surface area contributed by atoms with Gasteiger partial charge in [0.15, 0.2) is 40.9 Å². The summed E-state index contributed by atoms with van der Waals surface area (Å²) in [6.07, 6.45) is -14.8. The van der Waals surface area contributed by atoms with E-state index >= 15 is 0 Å². The number of anilines is 3. The van der Waals surface area contributed by atoms with Crippen molar-refractivity contribution in [1.29, 1.82) is 0 Å². The fourth-order valence-electron chi connectivity index (χ4n) is 14.7. The molecule has 0 aliphatic carbocycles. The van der Waals surface area contributed by atoms with Crippen molar-refractivity contribution in [3.63, 3.8) is 0 Å². The quantitative estimate of drug-likeness (QED) is 0.0165. The molecule has 6 saturated heterocycles. The summed E-state index contributed by atoms with van der Waals surface area (Å²) in [4.78, 5) is 203. The molecule has 24 atom stereocenters. The Bertz CT molecular complexity index is 6400. The van der Waals surface area contributed by atoms with Crippen molar-refractivity contribution in [3.05, 3.63) is 140 Å². The monoisotopic (exact) mass is 1990 g/mol. The summed E-state index contributed by atoms with van der Waals surface area (Å²) in [5, 5.41) is 0. The number of rotatable bonds is 35. The molecule has 6 unspecified atom stereocenters. The third kappa shape index (κ3) is 21.4. The van der Waals surface area contributed by atoms with Gasteiger partial charge >= 0.3 is 17.1 Å². The first-order chi connectivity index (χ1) is 59.5. The van der Waals surface area contributed by atoms with Crippen LogP contribution in [0.4, 0.5) is 17.6 Å². The fraction of sp³-hybridized carbons (Fsp3) is 0.565. The molecule has 686 valence electrons. The molecule has 52 nitrogen and oxygen atoms in total. The smallest absolute Gasteiger partial charge is 0.330 e. The van der Waals surface area contributed by atoms with Crippen LogP contribution in [0.25, 0.3) is 33.5 Å². The molecule has 15 heterocycles. The Kier molecular flexibility index (Phi) is 28.3. The summed E-state index contributed by atoms with van der Waals surface area (Å²) in [5.74, 6) is -0.330. The van der Waals surface area contributed by atoms with E-state index in [0.29, 0.717) is 6.42 Å². The Balaban J connectivity index is 0.644. The van der Waals surface area contributed by atoms with Crippen LogP contribution in [0.5, 0.6) is 0 Å². The number of hydrogen-bond donors (Lipinski definition) is 7. The zero-order valence-electron chi connectivity index (χ0n) is 65.8. The predicted octanol–water partition coefficient (Wildman–Crippen LogP) is -2.12. The molecule has 0 bridgehead atoms. The number of aromatic nitrogens is 18. The highest BCUT2D eigenvalue weighted by atomic mass is 32.7. The van der Waals surface area contributed by atoms with Gasteiger partial charge in [0.25, 0.3) is 22.2 Å². The SMILES string of the molecule is CC[C@H]1O[C@@H](n2cc(C)c(=O)[nH]c2=O)C[C@H]1OP([O-])(=S)OC[C@H]1O[C@@H](n2cnc3c(N)ncnc32)C[C@H]1OP(=O)([S-])OC[C@H]1O[C@@H](n2cc(C)c(=O)[nH]c2=O)C[C@H]1OP([O-])(=S)OC[C@H]1O[C@@H](n2cnc3c(N)ncnc32)C[C@H]1OP([O-])(=S)OC[C@H]1O[C@@H](n2cnc3c(=O)[nH]c(N)nc32)C[C@H]1OP([O-])(=S)OC[C@H]1O[C@@H](n2cc(C)c(=O)[nH]c2=O)C[C@H]1OP([O-])(=S)OC. The van der Waals surface area contributed by atoms with Gasteiger partial charge in [0.2, 0.25) is 5.95 Å². The second kappa shape index (κ2) is 37.8. The van der Waals surface area contributed by atoms with Gasteiger partial charge in [-0.2, -0.15) is 4.98 Å². The summed E-state index contributed by atoms with van der Waals surface area (Å²) in [6.45, 7) is -26.3. The number of aryl methyl sites for hydroxylation is 3. The van der Waals surface area contributed by atoms with E-state index < -0.39 is 230 Å². The van der Waals surface area contributed by atoms with Gasteiger partial charge in [-0.25, -0.2) is 49.3 Å². The number of aromatic amines is 4. The van der Waals surface area contributed by atoms with Crippen LogP contribution in [0.15, 0.2) is 83.8 Å². The lowest BCUT2D eigenvalue weighted by atomic mass is 10.1. The maximum atomic E-state index is 14.9. The Morgan fingerprint density at radius 3 is 1.05 bits per heavy atom. The highest BCUT2D eigenvalue weighted by Crippen LogP contribution is 2.56. The van der Waals surface area contributed by atoms with Gasteiger partial charge in [0.05, 0.1) is 94.7 Å². The minimum absolute atomic E-state index is 0.0146. The zero-order chi connectivity index (χ0) is 90.2. The summed E-state index contributed by atoms with van der Waals surface area (Å²) in [6, 6.07) is 0. The van der Waals surface area contributed by atoms with Gasteiger partial charge in [-0.15, -0.1) is 0 Å². The maximum Gasteiger partial charge on any atom is 0.330 e. The maximum absolute atomic E-state index is 14.9. The number of imidazole rings is 3. The van der Waals surface area contributed by atoms with Gasteiger partial charge in [0.1, 0.15) is 125 Å². The van der Waals surface area contributed by atoms with Crippen LogP contribution in [-0.2, 0) is 159 Å². The molecule has 6 aliphatic rings. The molecule has 6 fully saturated rings. The number of nitrogens with two attached hydrogens (primary N) is 3. The minimum Gasteiger partial charge on any atom is -0.780 e. The number of hydrogen-bond acceptors (Lipinski definition) is 48. The van der Waals surface area contributed by atoms with Crippen molar-refractivity contribution < 1.29 is 112 Å². The van der Waals surface area contributed by atoms with E-state index in [4.69, 9.17) is 171 Å². The molecular formula is C62H75N21O31P6S6-6. The van der Waals surface area contributed by atoms with Crippen molar-refractivity contribution in [1.82, 2.24) is 87.2 Å². The molecule has 0 saturated carbocycles. The second-order valence-electron chi connectivity index (χ2n) is 29.2. The molecule has 9 aromatic heterocycles. The predicted molar refractivity (Wildman–Crippen MR) is 444 cm³/mol. The number of nitrogens with zero attached hydrogens (tertiary/aromatic N) is 14. The average Bonchev–Trinajstić information content (AvgIpc) is 1.63. The lowest BCUT2D eigenvalue weighted by Gasteiger charge is -2.36. The van der Waals surface area contributed by atoms with E-state index in [1.165, 1.54) is 78.4 Å². The van der Waals surface area contributed by atoms with Gasteiger partial charge < -0.3 is 137 Å². The van der Waals surface area contributed by atoms with Crippen LogP contribution in [0, 0.1) is 20.8 Å². The number of ether oxygens (including phenoxy) is 6. The molecule has 10 N–H and O–H groups in total. The Morgan fingerprint density at radius 1 is 0.413 bits per heavy atom. The highest BCUT2D eigenvalue weighted by molar-refractivity contribution is 8.32. The molecule has 126 heavy (non-hydrogen) atoms. The highest BCUT2D eigenvalue weighted by Gasteiger charge is 2.48. The lowest BCUT2D eigenvalue weighted by Crippen LogP contribution is -2.34. The Morgan fingerprint density at radius 2 is 0.706 bits per heavy atom. The summed E-state index contributed by atoms with van der Waals surface area (Å²) in [5.41, 5.74) is 13.6. The van der Waals surface area contributed by atoms with Gasteiger partial charge in [-0.05, 0) is 27.2 Å². The number of fused-ring (bicyclic) bond motifs is 3. The van der Waals surface area contributed by atoms with Crippen molar-refractivity contribution in [2.45, 2.75) is 183 Å². The summed E-state index contributed by atoms with van der Waals surface area (Å²) in [7, 11) is 1.03. The molecule has 6 aliphatic heterocycles. The Hall–Kier alpha value is -6.20. The normalized spacial score (nSPS) is 29.4. The van der Waals surface area contributed by atoms with Crippen molar-refractivity contribution in [3.8, 4) is 0 Å². The van der Waals surface area contributed by atoms with E-state index in [1.54, 1.807) is 6.92 Å². The summed E-state index contributed by atoms with van der Waals surface area (Å²) >= 11 is 32.4. The second-order valence-corrected chi connectivity index (χ2v) is 45.5.